The van der Waals surface area contributed by atoms with Gasteiger partial charge in [-0.25, -0.2) is 28.1 Å². The molecule has 0 amide bonds. The van der Waals surface area contributed by atoms with Crippen LogP contribution in [0.1, 0.15) is 77.6 Å². The lowest BCUT2D eigenvalue weighted by Crippen LogP contribution is -2.66. The van der Waals surface area contributed by atoms with Crippen molar-refractivity contribution in [1.29, 1.82) is 0 Å². The van der Waals surface area contributed by atoms with Gasteiger partial charge in [0.2, 0.25) is 0 Å². The van der Waals surface area contributed by atoms with Crippen molar-refractivity contribution in [1.82, 2.24) is 13.7 Å². The van der Waals surface area contributed by atoms with Crippen molar-refractivity contribution in [2.45, 2.75) is 166 Å². The van der Waals surface area contributed by atoms with E-state index in [-0.39, 0.29) is 6.54 Å². The van der Waals surface area contributed by atoms with Crippen LogP contribution in [0.3, 0.4) is 0 Å². The highest BCUT2D eigenvalue weighted by Crippen LogP contribution is 2.45. The molecule has 0 spiro atoms. The van der Waals surface area contributed by atoms with Gasteiger partial charge in [-0.05, 0) is 127 Å². The summed E-state index contributed by atoms with van der Waals surface area (Å²) in [5.41, 5.74) is -1.68. The molecular weight excluding hydrogens is 683 g/mol. The Kier molecular flexibility index (Phi) is 10.9. The highest BCUT2D eigenvalue weighted by Gasteiger charge is 2.56. The summed E-state index contributed by atoms with van der Waals surface area (Å²) in [5, 5.41) is 0. The van der Waals surface area contributed by atoms with Gasteiger partial charge in [-0.3, -0.25) is 0 Å². The number of hydrogen-bond donors (Lipinski definition) is 0. The van der Waals surface area contributed by atoms with E-state index in [9.17, 15) is 14.4 Å². The molecule has 1 aromatic heterocycles. The Labute approximate surface area is 289 Å². The highest BCUT2D eigenvalue weighted by molar-refractivity contribution is 6.93. The van der Waals surface area contributed by atoms with E-state index < -0.39 is 51.3 Å². The molecule has 1 aromatic rings. The average molecular weight is 742 g/mol. The zero-order valence-electron chi connectivity index (χ0n) is 30.3. The molecular formula is C32H59N3O9Si4. The lowest BCUT2D eigenvalue weighted by molar-refractivity contribution is 0.219. The molecule has 0 N–H and O–H groups in total. The molecule has 48 heavy (non-hydrogen) atoms. The Hall–Kier alpha value is -0.962. The van der Waals surface area contributed by atoms with Crippen molar-refractivity contribution in [3.05, 3.63) is 31.5 Å². The first-order valence-corrected chi connectivity index (χ1v) is 29.0. The number of nitrogens with zero attached hydrogens (tertiary/aromatic N) is 3. The second-order valence-electron chi connectivity index (χ2n) is 16.2. The fourth-order valence-electron chi connectivity index (χ4n) is 8.78. The van der Waals surface area contributed by atoms with Crippen molar-refractivity contribution >= 4 is 34.2 Å². The van der Waals surface area contributed by atoms with E-state index in [0.29, 0.717) is 61.7 Å². The fourth-order valence-corrected chi connectivity index (χ4v) is 31.7. The van der Waals surface area contributed by atoms with Crippen LogP contribution in [0, 0.1) is 11.8 Å². The third-order valence-electron chi connectivity index (χ3n) is 11.3. The number of ether oxygens (including phenoxy) is 2. The average Bonchev–Trinajstić information content (AvgIpc) is 3.93. The number of rotatable bonds is 13. The quantitative estimate of drug-likeness (QED) is 0.207. The smallest absolute Gasteiger partial charge is 0.336 e. The van der Waals surface area contributed by atoms with Gasteiger partial charge in [0.15, 0.2) is 0 Å². The normalized spacial score (nSPS) is 38.8. The number of unbranched alkanes of at least 4 members (excludes halogenated alkanes) is 1. The second kappa shape index (κ2) is 14.2. The topological polar surface area (TPSA) is 128 Å². The molecule has 0 radical (unpaired) electrons. The van der Waals surface area contributed by atoms with E-state index in [0.717, 1.165) is 61.6 Å². The monoisotopic (exact) mass is 741 g/mol. The third-order valence-corrected chi connectivity index (χ3v) is 29.2. The standard InChI is InChI=1S/C32H59N3O9Si4/c1-8-9-17-34-30(36)33(2)31(37)35(32(34)38)18-10-19-46(5)43-47(6,20-15-24-11-13-26-28(22-24)39-26)41-45(3,4)42-48(7,44-46)21-16-25-12-14-27-29(23-25)40-27/h24-29H,8-23H2,1-7H3. The summed E-state index contributed by atoms with van der Waals surface area (Å²) in [4.78, 5) is 39.2. The SMILES string of the molecule is CCCCn1c(=O)n(C)c(=O)n(CCC[Si]2(C)O[Si](C)(CCC3CCC4OC4C3)O[Si](C)(C)O[Si](C)(CCC3CCC4OC4C3)O2)c1=O. The molecule has 16 heteroatoms. The molecule has 5 aliphatic rings. The Morgan fingerprint density at radius 1 is 0.604 bits per heavy atom. The summed E-state index contributed by atoms with van der Waals surface area (Å²) < 4.78 is 43.9. The van der Waals surface area contributed by atoms with E-state index in [1.165, 1.54) is 29.0 Å². The molecule has 3 aliphatic heterocycles. The molecule has 272 valence electrons. The van der Waals surface area contributed by atoms with Gasteiger partial charge in [-0.15, -0.1) is 0 Å². The number of epoxide rings is 2. The maximum Gasteiger partial charge on any atom is 0.336 e. The summed E-state index contributed by atoms with van der Waals surface area (Å²) in [6, 6.07) is 2.36. The molecule has 8 unspecified atom stereocenters. The largest absolute Gasteiger partial charge is 0.416 e. The van der Waals surface area contributed by atoms with Gasteiger partial charge in [0.1, 0.15) is 0 Å². The van der Waals surface area contributed by atoms with Crippen molar-refractivity contribution in [2.24, 2.45) is 18.9 Å². The van der Waals surface area contributed by atoms with Crippen LogP contribution in [-0.2, 0) is 46.1 Å². The van der Waals surface area contributed by atoms with E-state index in [1.54, 1.807) is 0 Å². The summed E-state index contributed by atoms with van der Waals surface area (Å²) >= 11 is 0. The van der Waals surface area contributed by atoms with Gasteiger partial charge in [0.25, 0.3) is 0 Å². The molecule has 0 bridgehead atoms. The summed E-state index contributed by atoms with van der Waals surface area (Å²) in [7, 11) is -9.56. The Morgan fingerprint density at radius 2 is 1.06 bits per heavy atom. The minimum Gasteiger partial charge on any atom is -0.416 e. The predicted octanol–water partition coefficient (Wildman–Crippen LogP) is 4.81. The van der Waals surface area contributed by atoms with Crippen LogP contribution in [0.15, 0.2) is 14.4 Å². The van der Waals surface area contributed by atoms with E-state index in [1.807, 2.05) is 6.92 Å². The second-order valence-corrected chi connectivity index (χ2v) is 30.6. The fraction of sp³-hybridized carbons (Fsp3) is 0.906. The van der Waals surface area contributed by atoms with Crippen LogP contribution in [0.2, 0.25) is 50.9 Å². The minimum absolute atomic E-state index is 0.195. The molecule has 2 aliphatic carbocycles. The first-order valence-electron chi connectivity index (χ1n) is 18.6. The van der Waals surface area contributed by atoms with Crippen molar-refractivity contribution in [3.63, 3.8) is 0 Å². The van der Waals surface area contributed by atoms with Gasteiger partial charge in [0.05, 0.1) is 24.4 Å². The molecule has 6 rings (SSSR count). The zero-order chi connectivity index (χ0) is 34.5. The number of hydrogen-bond acceptors (Lipinski definition) is 9. The number of aromatic nitrogens is 3. The zero-order valence-corrected chi connectivity index (χ0v) is 34.3. The summed E-state index contributed by atoms with van der Waals surface area (Å²) in [6.45, 7) is 13.3. The van der Waals surface area contributed by atoms with Crippen LogP contribution in [0.25, 0.3) is 0 Å². The molecule has 0 aromatic carbocycles. The van der Waals surface area contributed by atoms with Gasteiger partial charge >= 0.3 is 51.3 Å². The molecule has 5 fully saturated rings. The maximum atomic E-state index is 13.4. The van der Waals surface area contributed by atoms with Crippen LogP contribution in [-0.4, -0.2) is 72.4 Å². The maximum absolute atomic E-state index is 13.4. The lowest BCUT2D eigenvalue weighted by Gasteiger charge is -2.50. The molecule has 4 heterocycles. The van der Waals surface area contributed by atoms with Crippen LogP contribution in [0.5, 0.6) is 0 Å². The molecule has 12 nitrogen and oxygen atoms in total. The highest BCUT2D eigenvalue weighted by atomic mass is 28.5. The lowest BCUT2D eigenvalue weighted by atomic mass is 9.88. The molecule has 8 atom stereocenters. The molecule has 2 saturated carbocycles. The molecule has 3 saturated heterocycles. The number of fused-ring (bicyclic) bond motifs is 2. The van der Waals surface area contributed by atoms with Crippen LogP contribution >= 0.6 is 0 Å². The van der Waals surface area contributed by atoms with E-state index in [4.69, 9.17) is 25.9 Å². The summed E-state index contributed by atoms with van der Waals surface area (Å²) in [6.07, 6.45) is 12.9. The van der Waals surface area contributed by atoms with Gasteiger partial charge in [-0.2, -0.15) is 0 Å². The van der Waals surface area contributed by atoms with Gasteiger partial charge < -0.3 is 25.9 Å². The first-order chi connectivity index (χ1) is 22.6. The Bertz CT molecular complexity index is 1450. The van der Waals surface area contributed by atoms with E-state index >= 15 is 0 Å². The van der Waals surface area contributed by atoms with Crippen LogP contribution in [0.4, 0.5) is 0 Å². The Morgan fingerprint density at radius 3 is 1.52 bits per heavy atom. The summed E-state index contributed by atoms with van der Waals surface area (Å²) in [5.74, 6) is 1.24. The van der Waals surface area contributed by atoms with Crippen molar-refractivity contribution < 1.29 is 25.9 Å². The Balaban J connectivity index is 1.20. The predicted molar refractivity (Wildman–Crippen MR) is 192 cm³/mol. The third kappa shape index (κ3) is 8.73. The van der Waals surface area contributed by atoms with Crippen molar-refractivity contribution in [2.75, 3.05) is 0 Å². The minimum atomic E-state index is -2.93. The first kappa shape index (κ1) is 36.8. The van der Waals surface area contributed by atoms with Crippen LogP contribution < -0.4 is 17.1 Å². The van der Waals surface area contributed by atoms with E-state index in [2.05, 4.69) is 32.7 Å². The van der Waals surface area contributed by atoms with Crippen molar-refractivity contribution in [3.8, 4) is 0 Å². The van der Waals surface area contributed by atoms with Gasteiger partial charge in [0, 0.05) is 20.1 Å². The van der Waals surface area contributed by atoms with Gasteiger partial charge in [-0.1, -0.05) is 13.3 Å².